The lowest BCUT2D eigenvalue weighted by Crippen LogP contribution is -2.49. The van der Waals surface area contributed by atoms with Gasteiger partial charge < -0.3 is 23.8 Å². The Balaban J connectivity index is 0.000000206. The highest BCUT2D eigenvalue weighted by Crippen LogP contribution is 2.44. The lowest BCUT2D eigenvalue weighted by Gasteiger charge is -2.40. The summed E-state index contributed by atoms with van der Waals surface area (Å²) < 4.78 is 24.9. The number of carbonyl (C=O) groups excluding carboxylic acids is 1. The molecule has 4 aliphatic rings. The van der Waals surface area contributed by atoms with Crippen LogP contribution in [0.2, 0.25) is 0 Å². The summed E-state index contributed by atoms with van der Waals surface area (Å²) >= 11 is 2.44. The minimum atomic E-state index is -0.0656. The first-order valence-electron chi connectivity index (χ1n) is 14.7. The Morgan fingerprint density at radius 1 is 0.973 bits per heavy atom. The van der Waals surface area contributed by atoms with Crippen molar-refractivity contribution < 1.29 is 23.7 Å². The Morgan fingerprint density at radius 2 is 1.73 bits per heavy atom. The standard InChI is InChI=1S/C15H24INO2.C15H24O3/c1-3-4-5-13-10-15(11-16)14(18-13)7-6-12(19-15)8-9-17-2;1-3-4-5-13-10-11(2)14(17-13)8-6-12-7-9-15(16)18-12/h12-14H,3-11H2,1H3;12-14H,2-10H2,1H3/t12?,13-,14-,15?;12?,13-,14-/m00/s1. The fourth-order valence-corrected chi connectivity index (χ4v) is 7.07. The molecule has 4 heterocycles. The zero-order valence-electron chi connectivity index (χ0n) is 23.1. The molecule has 0 bridgehead atoms. The highest BCUT2D eigenvalue weighted by Gasteiger charge is 2.52. The van der Waals surface area contributed by atoms with Gasteiger partial charge in [0.1, 0.15) is 11.7 Å². The Kier molecular flexibility index (Phi) is 13.2. The number of halogens is 1. The Labute approximate surface area is 238 Å². The fraction of sp³-hybridized carbons (Fsp3) is 0.867. The maximum atomic E-state index is 11.0. The summed E-state index contributed by atoms with van der Waals surface area (Å²) in [5.41, 5.74) is 1.16. The van der Waals surface area contributed by atoms with E-state index in [1.165, 1.54) is 37.7 Å². The number of ether oxygens (including phenoxy) is 4. The first kappa shape index (κ1) is 30.8. The molecule has 4 aliphatic heterocycles. The van der Waals surface area contributed by atoms with Crippen molar-refractivity contribution in [1.29, 1.82) is 0 Å². The molecule has 210 valence electrons. The average Bonchev–Trinajstić information content (AvgIpc) is 3.60. The van der Waals surface area contributed by atoms with Gasteiger partial charge in [0.05, 0.1) is 30.5 Å². The van der Waals surface area contributed by atoms with Crippen molar-refractivity contribution in [3.63, 3.8) is 0 Å². The molecule has 0 aliphatic carbocycles. The van der Waals surface area contributed by atoms with Gasteiger partial charge in [0.25, 0.3) is 0 Å². The molecule has 0 amide bonds. The van der Waals surface area contributed by atoms with E-state index in [0.717, 1.165) is 62.2 Å². The number of alkyl halides is 1. The van der Waals surface area contributed by atoms with E-state index in [1.807, 2.05) is 0 Å². The minimum absolute atomic E-state index is 0.0491. The van der Waals surface area contributed by atoms with E-state index in [0.29, 0.717) is 25.2 Å². The minimum Gasteiger partial charge on any atom is -0.462 e. The van der Waals surface area contributed by atoms with Crippen LogP contribution in [0, 0.1) is 6.57 Å². The topological polar surface area (TPSA) is 58.4 Å². The molecule has 0 saturated carbocycles. The third kappa shape index (κ3) is 9.19. The van der Waals surface area contributed by atoms with Crippen LogP contribution in [0.1, 0.15) is 110 Å². The second kappa shape index (κ2) is 15.8. The zero-order valence-corrected chi connectivity index (χ0v) is 25.2. The van der Waals surface area contributed by atoms with E-state index in [2.05, 4.69) is 47.9 Å². The number of unbranched alkanes of at least 4 members (excludes halogenated alkanes) is 2. The normalized spacial score (nSPS) is 35.0. The van der Waals surface area contributed by atoms with Gasteiger partial charge in [0.15, 0.2) is 0 Å². The molecule has 6 nitrogen and oxygen atoms in total. The molecule has 7 atom stereocenters. The monoisotopic (exact) mass is 629 g/mol. The number of esters is 1. The predicted octanol–water partition coefficient (Wildman–Crippen LogP) is 7.37. The Morgan fingerprint density at radius 3 is 2.38 bits per heavy atom. The summed E-state index contributed by atoms with van der Waals surface area (Å²) in [5.74, 6) is -0.0491. The molecule has 0 N–H and O–H groups in total. The number of rotatable bonds is 12. The highest BCUT2D eigenvalue weighted by atomic mass is 127. The van der Waals surface area contributed by atoms with Crippen LogP contribution >= 0.6 is 22.6 Å². The van der Waals surface area contributed by atoms with E-state index >= 15 is 0 Å². The number of hydrogen-bond donors (Lipinski definition) is 0. The summed E-state index contributed by atoms with van der Waals surface area (Å²) in [6.45, 7) is 16.1. The number of cyclic esters (lactones) is 1. The lowest BCUT2D eigenvalue weighted by atomic mass is 9.87. The molecule has 0 aromatic heterocycles. The van der Waals surface area contributed by atoms with E-state index in [4.69, 9.17) is 25.5 Å². The summed E-state index contributed by atoms with van der Waals surface area (Å²) in [4.78, 5) is 14.5. The van der Waals surface area contributed by atoms with Gasteiger partial charge in [-0.05, 0) is 56.9 Å². The van der Waals surface area contributed by atoms with Crippen LogP contribution in [0.4, 0.5) is 0 Å². The average molecular weight is 630 g/mol. The van der Waals surface area contributed by atoms with Gasteiger partial charge in [-0.2, -0.15) is 0 Å². The number of carbonyl (C=O) groups is 1. The van der Waals surface area contributed by atoms with Gasteiger partial charge in [-0.25, -0.2) is 6.57 Å². The van der Waals surface area contributed by atoms with Gasteiger partial charge >= 0.3 is 5.97 Å². The quantitative estimate of drug-likeness (QED) is 0.0742. The smallest absolute Gasteiger partial charge is 0.306 e. The van der Waals surface area contributed by atoms with E-state index in [-0.39, 0.29) is 36.0 Å². The molecule has 37 heavy (non-hydrogen) atoms. The maximum Gasteiger partial charge on any atom is 0.306 e. The van der Waals surface area contributed by atoms with Crippen LogP contribution in [-0.4, -0.2) is 59.2 Å². The van der Waals surface area contributed by atoms with Gasteiger partial charge in [-0.3, -0.25) is 4.79 Å². The van der Waals surface area contributed by atoms with Crippen LogP contribution in [0.25, 0.3) is 4.85 Å². The zero-order chi connectivity index (χ0) is 26.7. The summed E-state index contributed by atoms with van der Waals surface area (Å²) in [6, 6.07) is 0. The van der Waals surface area contributed by atoms with Gasteiger partial charge in [-0.1, -0.05) is 68.7 Å². The molecule has 0 aromatic carbocycles. The number of nitrogens with zero attached hydrogens (tertiary/aromatic N) is 1. The maximum absolute atomic E-state index is 11.0. The largest absolute Gasteiger partial charge is 0.462 e. The van der Waals surface area contributed by atoms with Crippen LogP contribution in [-0.2, 0) is 23.7 Å². The van der Waals surface area contributed by atoms with Crippen molar-refractivity contribution in [3.05, 3.63) is 23.6 Å². The van der Waals surface area contributed by atoms with E-state index in [1.54, 1.807) is 0 Å². The van der Waals surface area contributed by atoms with Crippen molar-refractivity contribution in [2.75, 3.05) is 11.0 Å². The molecule has 0 spiro atoms. The second-order valence-corrected chi connectivity index (χ2v) is 12.0. The molecule has 0 aromatic rings. The first-order valence-corrected chi connectivity index (χ1v) is 16.2. The van der Waals surface area contributed by atoms with Crippen LogP contribution in [0.3, 0.4) is 0 Å². The third-order valence-corrected chi connectivity index (χ3v) is 9.53. The summed E-state index contributed by atoms with van der Waals surface area (Å²) in [5, 5.41) is 0. The fourth-order valence-electron chi connectivity index (χ4n) is 6.09. The van der Waals surface area contributed by atoms with E-state index < -0.39 is 0 Å². The van der Waals surface area contributed by atoms with Crippen LogP contribution < -0.4 is 0 Å². The molecule has 7 heteroatoms. The van der Waals surface area contributed by atoms with Crippen LogP contribution in [0.5, 0.6) is 0 Å². The Bertz CT molecular complexity index is 770. The van der Waals surface area contributed by atoms with Crippen molar-refractivity contribution in [1.82, 2.24) is 0 Å². The molecule has 4 rings (SSSR count). The number of hydrogen-bond acceptors (Lipinski definition) is 5. The van der Waals surface area contributed by atoms with E-state index in [9.17, 15) is 4.79 Å². The Hall–Kier alpha value is -0.690. The van der Waals surface area contributed by atoms with Crippen molar-refractivity contribution in [2.24, 2.45) is 0 Å². The molecule has 4 fully saturated rings. The molecular weight excluding hydrogens is 581 g/mol. The van der Waals surface area contributed by atoms with Crippen molar-refractivity contribution >= 4 is 28.6 Å². The molecule has 4 saturated heterocycles. The van der Waals surface area contributed by atoms with Crippen molar-refractivity contribution in [2.45, 2.75) is 152 Å². The second-order valence-electron chi connectivity index (χ2n) is 11.3. The SMILES string of the molecule is C=C1C[C@H](CCCC)O[C@H]1CCC1CCC(=O)O1.[C-]#[N+]CCC1CC[C@@H]2O[C@@H](CCCC)CC2(CI)O1. The van der Waals surface area contributed by atoms with Crippen LogP contribution in [0.15, 0.2) is 12.2 Å². The summed E-state index contributed by atoms with van der Waals surface area (Å²) in [7, 11) is 0. The third-order valence-electron chi connectivity index (χ3n) is 8.24. The van der Waals surface area contributed by atoms with Crippen molar-refractivity contribution in [3.8, 4) is 0 Å². The van der Waals surface area contributed by atoms with Gasteiger partial charge in [0.2, 0.25) is 6.54 Å². The summed E-state index contributed by atoms with van der Waals surface area (Å²) in [6.07, 6.45) is 17.3. The first-order chi connectivity index (χ1) is 17.9. The highest BCUT2D eigenvalue weighted by molar-refractivity contribution is 14.1. The number of fused-ring (bicyclic) bond motifs is 1. The van der Waals surface area contributed by atoms with Gasteiger partial charge in [0, 0.05) is 23.7 Å². The molecule has 3 unspecified atom stereocenters. The molecule has 0 radical (unpaired) electrons. The predicted molar refractivity (Wildman–Crippen MR) is 155 cm³/mol. The lowest BCUT2D eigenvalue weighted by molar-refractivity contribution is -0.152. The molecular formula is C30H48INO5. The van der Waals surface area contributed by atoms with Gasteiger partial charge in [-0.15, -0.1) is 0 Å².